The van der Waals surface area contributed by atoms with Gasteiger partial charge in [0.25, 0.3) is 0 Å². The van der Waals surface area contributed by atoms with E-state index in [2.05, 4.69) is 15.3 Å². The molecule has 0 aliphatic heterocycles. The van der Waals surface area contributed by atoms with E-state index in [0.717, 1.165) is 44.2 Å². The Bertz CT molecular complexity index is 1130. The second kappa shape index (κ2) is 8.63. The number of fused-ring (bicyclic) bond motifs is 1. The number of nitrogens with zero attached hydrogens (tertiary/aromatic N) is 2. The fraction of sp³-hybridized carbons (Fsp3) is 0.381. The van der Waals surface area contributed by atoms with Crippen LogP contribution < -0.4 is 5.32 Å². The predicted octanol–water partition coefficient (Wildman–Crippen LogP) is 6.91. The number of aryl methyl sites for hydroxylation is 1. The molecule has 1 fully saturated rings. The van der Waals surface area contributed by atoms with Gasteiger partial charge < -0.3 is 10.1 Å². The maximum absolute atomic E-state index is 13.1. The average Bonchev–Trinajstić information content (AvgIpc) is 3.07. The minimum atomic E-state index is -4.50. The number of hydrogen-bond donors (Lipinski definition) is 1. The topological polar surface area (TPSA) is 64.1 Å². The number of aromatic nitrogens is 2. The third-order valence-electron chi connectivity index (χ3n) is 5.28. The molecule has 31 heavy (non-hydrogen) atoms. The smallest absolute Gasteiger partial charge is 0.416 e. The van der Waals surface area contributed by atoms with Gasteiger partial charge in [0.2, 0.25) is 0 Å². The summed E-state index contributed by atoms with van der Waals surface area (Å²) < 4.78 is 45.0. The molecule has 0 bridgehead atoms. The second-order valence-corrected chi connectivity index (χ2v) is 8.85. The summed E-state index contributed by atoms with van der Waals surface area (Å²) in [5.74, 6) is -0.132. The lowest BCUT2D eigenvalue weighted by atomic mass is 9.98. The summed E-state index contributed by atoms with van der Waals surface area (Å²) >= 11 is 7.28. The van der Waals surface area contributed by atoms with Gasteiger partial charge in [-0.25, -0.2) is 14.8 Å². The lowest BCUT2D eigenvalue weighted by Gasteiger charge is -2.21. The molecule has 1 aliphatic rings. The number of rotatable bonds is 4. The van der Waals surface area contributed by atoms with Gasteiger partial charge in [-0.3, -0.25) is 0 Å². The SMILES string of the molecule is Cc1c(C(=O)OC2CCCCC2)sc2ncnc(Nc3cc(C(F)(F)F)ccc3Cl)c12. The number of carbonyl (C=O) groups excluding carboxylic acids is 1. The molecule has 10 heteroatoms. The van der Waals surface area contributed by atoms with Crippen molar-refractivity contribution in [2.75, 3.05) is 5.32 Å². The number of thiophene rings is 1. The van der Waals surface area contributed by atoms with Gasteiger partial charge in [0.05, 0.1) is 21.7 Å². The highest BCUT2D eigenvalue weighted by Gasteiger charge is 2.31. The first-order valence-electron chi connectivity index (χ1n) is 9.83. The molecule has 0 spiro atoms. The van der Waals surface area contributed by atoms with E-state index >= 15 is 0 Å². The summed E-state index contributed by atoms with van der Waals surface area (Å²) in [6.45, 7) is 1.75. The molecule has 2 heterocycles. The number of nitrogens with one attached hydrogen (secondary N) is 1. The molecule has 1 N–H and O–H groups in total. The molecule has 0 saturated heterocycles. The van der Waals surface area contributed by atoms with Gasteiger partial charge in [-0.1, -0.05) is 18.0 Å². The van der Waals surface area contributed by atoms with Crippen LogP contribution in [0.25, 0.3) is 10.2 Å². The van der Waals surface area contributed by atoms with E-state index in [-0.39, 0.29) is 22.6 Å². The third-order valence-corrected chi connectivity index (χ3v) is 6.79. The first-order chi connectivity index (χ1) is 14.7. The molecule has 3 aromatic rings. The van der Waals surface area contributed by atoms with Crippen LogP contribution in [-0.4, -0.2) is 22.0 Å². The van der Waals surface area contributed by atoms with Crippen molar-refractivity contribution in [2.24, 2.45) is 0 Å². The van der Waals surface area contributed by atoms with Crippen molar-refractivity contribution in [1.82, 2.24) is 9.97 Å². The third kappa shape index (κ3) is 4.62. The van der Waals surface area contributed by atoms with Crippen molar-refractivity contribution >= 4 is 50.6 Å². The number of halogens is 4. The molecule has 1 aromatic carbocycles. The average molecular weight is 470 g/mol. The van der Waals surface area contributed by atoms with Crippen LogP contribution in [0.1, 0.15) is 52.9 Å². The fourth-order valence-electron chi connectivity index (χ4n) is 3.67. The van der Waals surface area contributed by atoms with Gasteiger partial charge in [-0.05, 0) is 56.4 Å². The molecule has 0 amide bonds. The highest BCUT2D eigenvalue weighted by atomic mass is 35.5. The Kier molecular flexibility index (Phi) is 6.07. The van der Waals surface area contributed by atoms with Gasteiger partial charge in [0.15, 0.2) is 0 Å². The second-order valence-electron chi connectivity index (χ2n) is 7.44. The first-order valence-corrected chi connectivity index (χ1v) is 11.0. The molecule has 5 nitrogen and oxygen atoms in total. The van der Waals surface area contributed by atoms with Crippen LogP contribution in [0.3, 0.4) is 0 Å². The normalized spacial score (nSPS) is 15.3. The molecule has 2 aromatic heterocycles. The fourth-order valence-corrected chi connectivity index (χ4v) is 4.87. The van der Waals surface area contributed by atoms with Crippen molar-refractivity contribution in [2.45, 2.75) is 51.3 Å². The Balaban J connectivity index is 1.66. The summed E-state index contributed by atoms with van der Waals surface area (Å²) in [5.41, 5.74) is -0.149. The van der Waals surface area contributed by atoms with E-state index in [4.69, 9.17) is 16.3 Å². The monoisotopic (exact) mass is 469 g/mol. The van der Waals surface area contributed by atoms with E-state index in [1.165, 1.54) is 23.7 Å². The molecule has 4 rings (SSSR count). The van der Waals surface area contributed by atoms with Crippen LogP contribution in [0.4, 0.5) is 24.7 Å². The van der Waals surface area contributed by atoms with Crippen LogP contribution in [-0.2, 0) is 10.9 Å². The lowest BCUT2D eigenvalue weighted by molar-refractivity contribution is -0.137. The van der Waals surface area contributed by atoms with Gasteiger partial charge >= 0.3 is 12.1 Å². The van der Waals surface area contributed by atoms with Crippen molar-refractivity contribution in [3.8, 4) is 0 Å². The highest BCUT2D eigenvalue weighted by molar-refractivity contribution is 7.20. The lowest BCUT2D eigenvalue weighted by Crippen LogP contribution is -2.20. The molecular weight excluding hydrogens is 451 g/mol. The zero-order valence-corrected chi connectivity index (χ0v) is 18.1. The quantitative estimate of drug-likeness (QED) is 0.421. The zero-order chi connectivity index (χ0) is 22.2. The number of esters is 1. The molecular formula is C21H19ClF3N3O2S. The molecule has 0 unspecified atom stereocenters. The van der Waals surface area contributed by atoms with Crippen LogP contribution >= 0.6 is 22.9 Å². The van der Waals surface area contributed by atoms with Gasteiger partial charge in [-0.15, -0.1) is 11.3 Å². The van der Waals surface area contributed by atoms with Crippen molar-refractivity contribution in [1.29, 1.82) is 0 Å². The van der Waals surface area contributed by atoms with Crippen LogP contribution in [0.2, 0.25) is 5.02 Å². The number of anilines is 2. The molecule has 0 radical (unpaired) electrons. The Hall–Kier alpha value is -2.39. The van der Waals surface area contributed by atoms with E-state index < -0.39 is 17.7 Å². The standard InChI is InChI=1S/C21H19ClF3N3O2S/c1-11-16-18(28-15-9-12(21(23,24)25)7-8-14(15)22)26-10-27-19(16)31-17(11)20(29)30-13-5-3-2-4-6-13/h7-10,13H,2-6H2,1H3,(H,26,27,28). The van der Waals surface area contributed by atoms with Crippen LogP contribution in [0, 0.1) is 6.92 Å². The Labute approximate surface area is 185 Å². The number of ether oxygens (including phenoxy) is 1. The summed E-state index contributed by atoms with van der Waals surface area (Å²) in [4.78, 5) is 22.1. The Morgan fingerprint density at radius 1 is 1.23 bits per heavy atom. The minimum Gasteiger partial charge on any atom is -0.458 e. The summed E-state index contributed by atoms with van der Waals surface area (Å²) in [7, 11) is 0. The largest absolute Gasteiger partial charge is 0.458 e. The van der Waals surface area contributed by atoms with E-state index in [9.17, 15) is 18.0 Å². The molecule has 0 atom stereocenters. The van der Waals surface area contributed by atoms with Crippen LogP contribution in [0.15, 0.2) is 24.5 Å². The van der Waals surface area contributed by atoms with Crippen molar-refractivity contribution < 1.29 is 22.7 Å². The first kappa shape index (κ1) is 21.8. The Morgan fingerprint density at radius 3 is 2.68 bits per heavy atom. The Morgan fingerprint density at radius 2 is 1.97 bits per heavy atom. The molecule has 1 aliphatic carbocycles. The number of hydrogen-bond acceptors (Lipinski definition) is 6. The minimum absolute atomic E-state index is 0.0634. The highest BCUT2D eigenvalue weighted by Crippen LogP contribution is 2.38. The van der Waals surface area contributed by atoms with E-state index in [1.807, 2.05) is 0 Å². The van der Waals surface area contributed by atoms with Gasteiger partial charge in [-0.2, -0.15) is 13.2 Å². The number of benzene rings is 1. The van der Waals surface area contributed by atoms with E-state index in [1.54, 1.807) is 6.92 Å². The van der Waals surface area contributed by atoms with Gasteiger partial charge in [0, 0.05) is 0 Å². The molecule has 1 saturated carbocycles. The van der Waals surface area contributed by atoms with Gasteiger partial charge in [0.1, 0.15) is 28.0 Å². The van der Waals surface area contributed by atoms with Crippen molar-refractivity contribution in [3.05, 3.63) is 45.6 Å². The maximum atomic E-state index is 13.1. The number of carbonyl (C=O) groups is 1. The number of alkyl halides is 3. The predicted molar refractivity (Wildman–Crippen MR) is 114 cm³/mol. The summed E-state index contributed by atoms with van der Waals surface area (Å²) in [6.07, 6.45) is 1.65. The van der Waals surface area contributed by atoms with Crippen LogP contribution in [0.5, 0.6) is 0 Å². The molecule has 164 valence electrons. The van der Waals surface area contributed by atoms with E-state index in [0.29, 0.717) is 20.7 Å². The summed E-state index contributed by atoms with van der Waals surface area (Å²) in [6, 6.07) is 3.02. The zero-order valence-electron chi connectivity index (χ0n) is 16.6. The maximum Gasteiger partial charge on any atom is 0.416 e. The van der Waals surface area contributed by atoms with Crippen molar-refractivity contribution in [3.63, 3.8) is 0 Å². The summed E-state index contributed by atoms with van der Waals surface area (Å²) in [5, 5.41) is 3.54.